The van der Waals surface area contributed by atoms with Crippen LogP contribution < -0.4 is 0 Å². The van der Waals surface area contributed by atoms with Gasteiger partial charge in [-0.3, -0.25) is 9.97 Å². The maximum Gasteiger partial charge on any atom is 0.105 e. The number of nitrogens with zero attached hydrogens (tertiary/aromatic N) is 4. The molecule has 0 saturated heterocycles. The summed E-state index contributed by atoms with van der Waals surface area (Å²) in [7, 11) is 0. The molecule has 0 saturated carbocycles. The predicted molar refractivity (Wildman–Crippen MR) is 251 cm³/mol. The number of hydrogen-bond acceptors (Lipinski definition) is 4. The van der Waals surface area contributed by atoms with Gasteiger partial charge in [0.25, 0.3) is 0 Å². The lowest BCUT2D eigenvalue weighted by Crippen LogP contribution is -2.34. The lowest BCUT2D eigenvalue weighted by atomic mass is 9.68. The summed E-state index contributed by atoms with van der Waals surface area (Å²) >= 11 is 0. The van der Waals surface area contributed by atoms with Gasteiger partial charge in [0, 0.05) is 11.1 Å². The molecule has 0 aliphatic carbocycles. The summed E-state index contributed by atoms with van der Waals surface area (Å²) in [5.74, 6) is 0. The molecule has 10 rings (SSSR count). The normalized spacial score (nSPS) is 11.5. The Morgan fingerprint density at radius 3 is 0.694 bits per heavy atom. The smallest absolute Gasteiger partial charge is 0.105 e. The van der Waals surface area contributed by atoms with Crippen LogP contribution in [-0.4, -0.2) is 19.9 Å². The van der Waals surface area contributed by atoms with Crippen LogP contribution in [0.1, 0.15) is 45.0 Å². The molecule has 0 amide bonds. The predicted octanol–water partition coefficient (Wildman–Crippen LogP) is 13.0. The van der Waals surface area contributed by atoms with E-state index in [0.717, 1.165) is 78.9 Å². The van der Waals surface area contributed by atoms with E-state index >= 15 is 0 Å². The van der Waals surface area contributed by atoms with E-state index in [4.69, 9.17) is 19.9 Å². The van der Waals surface area contributed by atoms with E-state index in [-0.39, 0.29) is 0 Å². The first-order valence-electron chi connectivity index (χ1n) is 21.0. The van der Waals surface area contributed by atoms with Crippen LogP contribution in [0.5, 0.6) is 0 Å². The molecule has 0 N–H and O–H groups in total. The zero-order valence-corrected chi connectivity index (χ0v) is 34.0. The van der Waals surface area contributed by atoms with Crippen LogP contribution >= 0.6 is 0 Å². The SMILES string of the molecule is c1ccc(-c2cccc(C(c3ccccc3)(c3ccccc3)c3cccc(-c4cccc(C(c5ccccc5)(c5ccccc5)c5cccc(-c6ccccc6)n5)n4)n3)n2)cc1. The molecule has 294 valence electrons. The van der Waals surface area contributed by atoms with Crippen LogP contribution in [0.15, 0.2) is 255 Å². The molecular formula is C58H42N4. The molecule has 4 nitrogen and oxygen atoms in total. The number of hydrogen-bond donors (Lipinski definition) is 0. The number of rotatable bonds is 11. The zero-order chi connectivity index (χ0) is 41.6. The van der Waals surface area contributed by atoms with E-state index < -0.39 is 10.8 Å². The summed E-state index contributed by atoms with van der Waals surface area (Å²) in [5.41, 5.74) is 11.3. The molecule has 0 bridgehead atoms. The molecule has 0 aliphatic heterocycles. The standard InChI is InChI=1S/C58H42N4/c1-7-23-43(24-8-1)49-35-19-39-53(59-49)57(45-27-11-3-12-28-45,46-29-13-4-14-30-46)55-41-21-37-51(61-55)52-38-22-42-56(62-52)58(47-31-15-5-16-32-47,48-33-17-6-18-34-48)54-40-20-36-50(60-54)44-25-9-2-10-26-44/h1-42H. The fourth-order valence-corrected chi connectivity index (χ4v) is 8.93. The second-order valence-corrected chi connectivity index (χ2v) is 15.3. The largest absolute Gasteiger partial charge is 0.251 e. The van der Waals surface area contributed by atoms with E-state index in [1.54, 1.807) is 0 Å². The highest BCUT2D eigenvalue weighted by molar-refractivity contribution is 5.66. The molecule has 4 heteroatoms. The molecule has 0 atom stereocenters. The van der Waals surface area contributed by atoms with E-state index in [1.807, 2.05) is 12.1 Å². The van der Waals surface area contributed by atoms with Crippen LogP contribution in [0.2, 0.25) is 0 Å². The van der Waals surface area contributed by atoms with Gasteiger partial charge in [0.1, 0.15) is 10.8 Å². The Bertz CT molecular complexity index is 2760. The van der Waals surface area contributed by atoms with Gasteiger partial charge in [-0.15, -0.1) is 0 Å². The van der Waals surface area contributed by atoms with Crippen molar-refractivity contribution in [2.45, 2.75) is 10.8 Å². The molecule has 4 aromatic heterocycles. The summed E-state index contributed by atoms with van der Waals surface area (Å²) in [5, 5.41) is 0. The van der Waals surface area contributed by atoms with Crippen molar-refractivity contribution >= 4 is 0 Å². The maximum absolute atomic E-state index is 5.62. The van der Waals surface area contributed by atoms with Gasteiger partial charge in [-0.2, -0.15) is 0 Å². The highest BCUT2D eigenvalue weighted by Crippen LogP contribution is 2.46. The monoisotopic (exact) mass is 794 g/mol. The molecule has 0 aliphatic rings. The van der Waals surface area contributed by atoms with Crippen molar-refractivity contribution in [1.29, 1.82) is 0 Å². The maximum atomic E-state index is 5.62. The Labute approximate surface area is 363 Å². The van der Waals surface area contributed by atoms with Gasteiger partial charge in [0.15, 0.2) is 0 Å². The summed E-state index contributed by atoms with van der Waals surface area (Å²) in [6, 6.07) is 88.3. The van der Waals surface area contributed by atoms with Gasteiger partial charge in [-0.05, 0) is 70.8 Å². The first-order valence-corrected chi connectivity index (χ1v) is 21.0. The van der Waals surface area contributed by atoms with E-state index in [2.05, 4.69) is 243 Å². The molecule has 62 heavy (non-hydrogen) atoms. The lowest BCUT2D eigenvalue weighted by molar-refractivity contribution is 0.685. The van der Waals surface area contributed by atoms with Crippen molar-refractivity contribution in [1.82, 2.24) is 19.9 Å². The summed E-state index contributed by atoms with van der Waals surface area (Å²) in [6.45, 7) is 0. The molecule has 0 fully saturated rings. The minimum atomic E-state index is -0.874. The van der Waals surface area contributed by atoms with Gasteiger partial charge >= 0.3 is 0 Å². The second kappa shape index (κ2) is 16.9. The van der Waals surface area contributed by atoms with Crippen LogP contribution in [0.25, 0.3) is 33.9 Å². The molecule has 0 spiro atoms. The van der Waals surface area contributed by atoms with Crippen LogP contribution in [0.4, 0.5) is 0 Å². The van der Waals surface area contributed by atoms with Gasteiger partial charge in [0.2, 0.25) is 0 Å². The van der Waals surface area contributed by atoms with E-state index in [9.17, 15) is 0 Å². The molecule has 6 aromatic carbocycles. The van der Waals surface area contributed by atoms with Crippen molar-refractivity contribution in [3.63, 3.8) is 0 Å². The number of pyridine rings is 4. The first-order chi connectivity index (χ1) is 30.7. The van der Waals surface area contributed by atoms with Crippen molar-refractivity contribution in [2.24, 2.45) is 0 Å². The minimum absolute atomic E-state index is 0.751. The second-order valence-electron chi connectivity index (χ2n) is 15.3. The molecule has 10 aromatic rings. The van der Waals surface area contributed by atoms with Gasteiger partial charge in [-0.1, -0.05) is 206 Å². The zero-order valence-electron chi connectivity index (χ0n) is 34.0. The molecule has 4 heterocycles. The van der Waals surface area contributed by atoms with E-state index in [0.29, 0.717) is 0 Å². The minimum Gasteiger partial charge on any atom is -0.251 e. The Morgan fingerprint density at radius 1 is 0.194 bits per heavy atom. The summed E-state index contributed by atoms with van der Waals surface area (Å²) < 4.78 is 0. The molecule has 0 radical (unpaired) electrons. The Hall–Kier alpha value is -8.08. The quantitative estimate of drug-likeness (QED) is 0.131. The first kappa shape index (κ1) is 38.1. The van der Waals surface area contributed by atoms with Gasteiger partial charge in [-0.25, -0.2) is 9.97 Å². The lowest BCUT2D eigenvalue weighted by Gasteiger charge is -2.35. The average Bonchev–Trinajstić information content (AvgIpc) is 3.37. The third kappa shape index (κ3) is 6.88. The fourth-order valence-electron chi connectivity index (χ4n) is 8.93. The molecule has 0 unspecified atom stereocenters. The number of benzene rings is 6. The Kier molecular flexibility index (Phi) is 10.4. The average molecular weight is 795 g/mol. The van der Waals surface area contributed by atoms with Crippen LogP contribution in [0, 0.1) is 0 Å². The van der Waals surface area contributed by atoms with Crippen molar-refractivity contribution in [3.8, 4) is 33.9 Å². The summed E-state index contributed by atoms with van der Waals surface area (Å²) in [4.78, 5) is 22.2. The number of aromatic nitrogens is 4. The third-order valence-corrected chi connectivity index (χ3v) is 11.8. The third-order valence-electron chi connectivity index (χ3n) is 11.8. The highest BCUT2D eigenvalue weighted by atomic mass is 14.9. The topological polar surface area (TPSA) is 51.6 Å². The summed E-state index contributed by atoms with van der Waals surface area (Å²) in [6.07, 6.45) is 0. The van der Waals surface area contributed by atoms with Crippen LogP contribution in [-0.2, 0) is 10.8 Å². The van der Waals surface area contributed by atoms with Crippen LogP contribution in [0.3, 0.4) is 0 Å². The Morgan fingerprint density at radius 2 is 0.419 bits per heavy atom. The van der Waals surface area contributed by atoms with Crippen molar-refractivity contribution in [3.05, 3.63) is 300 Å². The van der Waals surface area contributed by atoms with Crippen molar-refractivity contribution in [2.75, 3.05) is 0 Å². The van der Waals surface area contributed by atoms with Crippen molar-refractivity contribution < 1.29 is 0 Å². The molecular weight excluding hydrogens is 753 g/mol. The highest BCUT2D eigenvalue weighted by Gasteiger charge is 2.43. The van der Waals surface area contributed by atoms with E-state index in [1.165, 1.54) is 0 Å². The fraction of sp³-hybridized carbons (Fsp3) is 0.0345. The van der Waals surface area contributed by atoms with Gasteiger partial charge in [0.05, 0.1) is 45.6 Å². The Balaban J connectivity index is 1.20. The van der Waals surface area contributed by atoms with Gasteiger partial charge < -0.3 is 0 Å².